The number of aryl methyl sites for hydroxylation is 1. The molecule has 0 aliphatic rings. The van der Waals surface area contributed by atoms with Gasteiger partial charge in [0.15, 0.2) is 0 Å². The topological polar surface area (TPSA) is 32.3 Å². The van der Waals surface area contributed by atoms with Gasteiger partial charge in [-0.2, -0.15) is 0 Å². The Bertz CT molecular complexity index is 359. The maximum Gasteiger partial charge on any atom is 0.236 e. The van der Waals surface area contributed by atoms with Crippen LogP contribution in [0.5, 0.6) is 0 Å². The monoisotopic (exact) mass is 234 g/mol. The Morgan fingerprint density at radius 1 is 1.35 bits per heavy atom. The van der Waals surface area contributed by atoms with E-state index in [4.69, 9.17) is 0 Å². The normalized spacial score (nSPS) is 12.2. The lowest BCUT2D eigenvalue weighted by Crippen LogP contribution is -2.40. The lowest BCUT2D eigenvalue weighted by molar-refractivity contribution is -0.130. The average molecular weight is 234 g/mol. The van der Waals surface area contributed by atoms with Gasteiger partial charge in [0.1, 0.15) is 0 Å². The second-order valence-electron chi connectivity index (χ2n) is 4.57. The molecule has 1 atom stereocenters. The molecule has 3 nitrogen and oxygen atoms in total. The minimum atomic E-state index is 0.132. The van der Waals surface area contributed by atoms with E-state index in [1.54, 1.807) is 11.9 Å². The molecule has 0 aromatic heterocycles. The Morgan fingerprint density at radius 3 is 2.47 bits per heavy atom. The quantitative estimate of drug-likeness (QED) is 0.839. The molecular formula is C14H22N2O. The Kier molecular flexibility index (Phi) is 5.16. The molecule has 94 valence electrons. The van der Waals surface area contributed by atoms with Crippen molar-refractivity contribution in [3.05, 3.63) is 35.4 Å². The number of benzene rings is 1. The van der Waals surface area contributed by atoms with Crippen LogP contribution in [0.3, 0.4) is 0 Å². The fourth-order valence-electron chi connectivity index (χ4n) is 1.72. The first-order valence-electron chi connectivity index (χ1n) is 6.00. The minimum absolute atomic E-state index is 0.132. The summed E-state index contributed by atoms with van der Waals surface area (Å²) in [6.07, 6.45) is 0.895. The summed E-state index contributed by atoms with van der Waals surface area (Å²) in [7, 11) is 3.65. The van der Waals surface area contributed by atoms with Crippen LogP contribution in [0.25, 0.3) is 0 Å². The molecular weight excluding hydrogens is 212 g/mol. The number of amides is 1. The summed E-state index contributed by atoms with van der Waals surface area (Å²) in [5, 5.41) is 2.88. The third-order valence-electron chi connectivity index (χ3n) is 3.03. The summed E-state index contributed by atoms with van der Waals surface area (Å²) in [5.74, 6) is 0.132. The molecule has 0 radical (unpaired) electrons. The predicted octanol–water partition coefficient (Wildman–Crippen LogP) is 1.60. The number of hydrogen-bond acceptors (Lipinski definition) is 2. The molecule has 0 spiro atoms. The molecule has 3 heteroatoms. The van der Waals surface area contributed by atoms with Crippen LogP contribution in [0.15, 0.2) is 24.3 Å². The van der Waals surface area contributed by atoms with Crippen LogP contribution in [-0.2, 0) is 11.2 Å². The van der Waals surface area contributed by atoms with Gasteiger partial charge in [0.05, 0.1) is 6.54 Å². The molecule has 0 aliphatic heterocycles. The number of hydrogen-bond donors (Lipinski definition) is 1. The average Bonchev–Trinajstić information content (AvgIpc) is 2.31. The van der Waals surface area contributed by atoms with Gasteiger partial charge in [-0.05, 0) is 32.9 Å². The molecule has 1 N–H and O–H groups in total. The number of carbonyl (C=O) groups is 1. The van der Waals surface area contributed by atoms with Crippen LogP contribution >= 0.6 is 0 Å². The second kappa shape index (κ2) is 6.40. The molecule has 1 aromatic carbocycles. The van der Waals surface area contributed by atoms with Gasteiger partial charge in [0, 0.05) is 13.1 Å². The lowest BCUT2D eigenvalue weighted by Gasteiger charge is -2.25. The van der Waals surface area contributed by atoms with Gasteiger partial charge in [0.2, 0.25) is 5.91 Å². The molecule has 0 fully saturated rings. The highest BCUT2D eigenvalue weighted by atomic mass is 16.2. The van der Waals surface area contributed by atoms with E-state index in [1.165, 1.54) is 11.1 Å². The van der Waals surface area contributed by atoms with Gasteiger partial charge in [-0.1, -0.05) is 29.8 Å². The largest absolute Gasteiger partial charge is 0.342 e. The number of carbonyl (C=O) groups excluding carboxylic acids is 1. The summed E-state index contributed by atoms with van der Waals surface area (Å²) in [4.78, 5) is 13.5. The molecule has 0 saturated heterocycles. The number of nitrogens with zero attached hydrogens (tertiary/aromatic N) is 1. The van der Waals surface area contributed by atoms with Crippen molar-refractivity contribution in [2.24, 2.45) is 0 Å². The fourth-order valence-corrected chi connectivity index (χ4v) is 1.72. The van der Waals surface area contributed by atoms with Crippen molar-refractivity contribution in [3.63, 3.8) is 0 Å². The summed E-state index contributed by atoms with van der Waals surface area (Å²) in [5.41, 5.74) is 2.54. The van der Waals surface area contributed by atoms with Crippen molar-refractivity contribution < 1.29 is 4.79 Å². The molecule has 1 aromatic rings. The summed E-state index contributed by atoms with van der Waals surface area (Å²) in [6.45, 7) is 4.55. The summed E-state index contributed by atoms with van der Waals surface area (Å²) >= 11 is 0. The molecule has 1 amide bonds. The third-order valence-corrected chi connectivity index (χ3v) is 3.03. The van der Waals surface area contributed by atoms with Crippen LogP contribution in [-0.4, -0.2) is 37.5 Å². The lowest BCUT2D eigenvalue weighted by atomic mass is 10.0. The van der Waals surface area contributed by atoms with Crippen LogP contribution < -0.4 is 5.32 Å². The third kappa shape index (κ3) is 4.19. The maximum atomic E-state index is 11.7. The Labute approximate surface area is 104 Å². The van der Waals surface area contributed by atoms with Gasteiger partial charge in [-0.3, -0.25) is 4.79 Å². The molecule has 17 heavy (non-hydrogen) atoms. The smallest absolute Gasteiger partial charge is 0.236 e. The second-order valence-corrected chi connectivity index (χ2v) is 4.57. The van der Waals surface area contributed by atoms with Gasteiger partial charge < -0.3 is 10.2 Å². The maximum absolute atomic E-state index is 11.7. The van der Waals surface area contributed by atoms with Crippen LogP contribution in [0.2, 0.25) is 0 Å². The highest BCUT2D eigenvalue weighted by Crippen LogP contribution is 2.09. The molecule has 0 heterocycles. The Balaban J connectivity index is 2.56. The highest BCUT2D eigenvalue weighted by Gasteiger charge is 2.14. The Morgan fingerprint density at radius 2 is 1.94 bits per heavy atom. The highest BCUT2D eigenvalue weighted by molar-refractivity contribution is 5.78. The van der Waals surface area contributed by atoms with Crippen molar-refractivity contribution in [1.29, 1.82) is 0 Å². The number of likely N-dealkylation sites (N-methyl/N-ethyl adjacent to an activating group) is 2. The fraction of sp³-hybridized carbons (Fsp3) is 0.500. The van der Waals surface area contributed by atoms with Crippen molar-refractivity contribution in [2.75, 3.05) is 20.6 Å². The predicted molar refractivity (Wildman–Crippen MR) is 71.0 cm³/mol. The van der Waals surface area contributed by atoms with Crippen molar-refractivity contribution >= 4 is 5.91 Å². The van der Waals surface area contributed by atoms with Crippen LogP contribution in [0.1, 0.15) is 18.1 Å². The van der Waals surface area contributed by atoms with Gasteiger partial charge in [-0.25, -0.2) is 0 Å². The van der Waals surface area contributed by atoms with E-state index in [2.05, 4.69) is 43.4 Å². The van der Waals surface area contributed by atoms with E-state index in [9.17, 15) is 4.79 Å². The molecule has 0 aliphatic carbocycles. The number of rotatable bonds is 5. The summed E-state index contributed by atoms with van der Waals surface area (Å²) < 4.78 is 0. The van der Waals surface area contributed by atoms with E-state index in [-0.39, 0.29) is 11.9 Å². The van der Waals surface area contributed by atoms with Crippen molar-refractivity contribution in [3.8, 4) is 0 Å². The SMILES string of the molecule is CNCC(=O)N(C)C(C)Cc1ccc(C)cc1. The van der Waals surface area contributed by atoms with Crippen LogP contribution in [0, 0.1) is 6.92 Å². The van der Waals surface area contributed by atoms with E-state index in [0.717, 1.165) is 6.42 Å². The van der Waals surface area contributed by atoms with E-state index < -0.39 is 0 Å². The summed E-state index contributed by atoms with van der Waals surface area (Å²) in [6, 6.07) is 8.69. The molecule has 0 bridgehead atoms. The van der Waals surface area contributed by atoms with Crippen molar-refractivity contribution in [1.82, 2.24) is 10.2 Å². The molecule has 1 unspecified atom stereocenters. The van der Waals surface area contributed by atoms with E-state index >= 15 is 0 Å². The zero-order valence-electron chi connectivity index (χ0n) is 11.2. The van der Waals surface area contributed by atoms with E-state index in [0.29, 0.717) is 6.54 Å². The molecule has 1 rings (SSSR count). The first-order valence-corrected chi connectivity index (χ1v) is 6.00. The van der Waals surface area contributed by atoms with Crippen molar-refractivity contribution in [2.45, 2.75) is 26.3 Å². The first kappa shape index (κ1) is 13.7. The molecule has 0 saturated carbocycles. The van der Waals surface area contributed by atoms with Gasteiger partial charge in [0.25, 0.3) is 0 Å². The minimum Gasteiger partial charge on any atom is -0.342 e. The van der Waals surface area contributed by atoms with Gasteiger partial charge >= 0.3 is 0 Å². The zero-order chi connectivity index (χ0) is 12.8. The van der Waals surface area contributed by atoms with Gasteiger partial charge in [-0.15, -0.1) is 0 Å². The van der Waals surface area contributed by atoms with Crippen LogP contribution in [0.4, 0.5) is 0 Å². The van der Waals surface area contributed by atoms with E-state index in [1.807, 2.05) is 7.05 Å². The number of nitrogens with one attached hydrogen (secondary N) is 1. The standard InChI is InChI=1S/C14H22N2O/c1-11-5-7-13(8-6-11)9-12(2)16(4)14(17)10-15-3/h5-8,12,15H,9-10H2,1-4H3. The Hall–Kier alpha value is -1.35. The first-order chi connectivity index (χ1) is 8.04. The zero-order valence-corrected chi connectivity index (χ0v) is 11.2.